The van der Waals surface area contributed by atoms with Gasteiger partial charge in [-0.2, -0.15) is 0 Å². The summed E-state index contributed by atoms with van der Waals surface area (Å²) in [4.78, 5) is 0. The van der Waals surface area contributed by atoms with Gasteiger partial charge in [0.1, 0.15) is 0 Å². The minimum Gasteiger partial charge on any atom is -0.389 e. The number of aliphatic hydroxyl groups excluding tert-OH is 2. The van der Waals surface area contributed by atoms with Gasteiger partial charge in [0.25, 0.3) is 0 Å². The molecular weight excluding hydrogens is 176 g/mol. The van der Waals surface area contributed by atoms with Crippen molar-refractivity contribution in [2.75, 3.05) is 11.5 Å². The van der Waals surface area contributed by atoms with Crippen LogP contribution in [0.25, 0.3) is 0 Å². The molecule has 2 atom stereocenters. The third-order valence-corrected chi connectivity index (χ3v) is 4.72. The quantitative estimate of drug-likeness (QED) is 0.462. The van der Waals surface area contributed by atoms with Crippen LogP contribution >= 0.6 is 10.8 Å². The van der Waals surface area contributed by atoms with Crippen LogP contribution in [0.4, 0.5) is 0 Å². The average molecular weight is 184 g/mol. The van der Waals surface area contributed by atoms with Crippen LogP contribution in [0.1, 0.15) is 0 Å². The standard InChI is InChI=1S/C4H8O4S2/c5-3-1-9-10(7,8)2-4(3)6/h3-6H,1-2H2/t3-,4-/m1/s1. The molecule has 1 aliphatic rings. The van der Waals surface area contributed by atoms with Crippen LogP contribution in [-0.4, -0.2) is 42.3 Å². The summed E-state index contributed by atoms with van der Waals surface area (Å²) in [6, 6.07) is 0. The summed E-state index contributed by atoms with van der Waals surface area (Å²) in [5.74, 6) is -0.262. The molecule has 0 aliphatic carbocycles. The molecule has 1 saturated heterocycles. The molecule has 2 N–H and O–H groups in total. The predicted octanol–water partition coefficient (Wildman–Crippen LogP) is -1.22. The van der Waals surface area contributed by atoms with E-state index < -0.39 is 21.1 Å². The number of hydrogen-bond donors (Lipinski definition) is 2. The van der Waals surface area contributed by atoms with Crippen LogP contribution in [0.2, 0.25) is 0 Å². The molecule has 0 amide bonds. The first-order valence-electron chi connectivity index (χ1n) is 2.74. The van der Waals surface area contributed by atoms with E-state index in [2.05, 4.69) is 0 Å². The highest BCUT2D eigenvalue weighted by atomic mass is 33.1. The molecule has 60 valence electrons. The lowest BCUT2D eigenvalue weighted by atomic mass is 10.3. The number of hydrogen-bond acceptors (Lipinski definition) is 5. The lowest BCUT2D eigenvalue weighted by Crippen LogP contribution is -2.38. The van der Waals surface area contributed by atoms with Gasteiger partial charge in [-0.15, -0.1) is 0 Å². The van der Waals surface area contributed by atoms with Crippen molar-refractivity contribution in [3.05, 3.63) is 0 Å². The van der Waals surface area contributed by atoms with Crippen molar-refractivity contribution in [3.8, 4) is 0 Å². The minimum absolute atomic E-state index is 0.0729. The Kier molecular flexibility index (Phi) is 2.24. The summed E-state index contributed by atoms with van der Waals surface area (Å²) in [5, 5.41) is 17.7. The molecule has 0 bridgehead atoms. The summed E-state index contributed by atoms with van der Waals surface area (Å²) in [5.41, 5.74) is 0. The van der Waals surface area contributed by atoms with Gasteiger partial charge in [0.2, 0.25) is 8.87 Å². The van der Waals surface area contributed by atoms with E-state index in [-0.39, 0.29) is 11.5 Å². The first-order valence-corrected chi connectivity index (χ1v) is 5.90. The summed E-state index contributed by atoms with van der Waals surface area (Å²) < 4.78 is 21.4. The zero-order chi connectivity index (χ0) is 7.78. The van der Waals surface area contributed by atoms with Crippen LogP contribution in [-0.2, 0) is 8.87 Å². The van der Waals surface area contributed by atoms with Crippen molar-refractivity contribution >= 4 is 19.7 Å². The molecule has 1 heterocycles. The summed E-state index contributed by atoms with van der Waals surface area (Å²) in [7, 11) is -2.46. The van der Waals surface area contributed by atoms with Gasteiger partial charge in [0.05, 0.1) is 18.0 Å². The molecule has 10 heavy (non-hydrogen) atoms. The SMILES string of the molecule is O=S1(=O)C[C@@H](O)[C@H](O)CS1. The molecule has 0 spiro atoms. The molecule has 0 aromatic heterocycles. The van der Waals surface area contributed by atoms with E-state index in [0.717, 1.165) is 0 Å². The Bertz CT molecular complexity index is 209. The van der Waals surface area contributed by atoms with Crippen molar-refractivity contribution < 1.29 is 18.6 Å². The van der Waals surface area contributed by atoms with Gasteiger partial charge in [0.15, 0.2) is 0 Å². The fourth-order valence-electron chi connectivity index (χ4n) is 0.653. The Morgan fingerprint density at radius 2 is 1.90 bits per heavy atom. The second kappa shape index (κ2) is 2.69. The second-order valence-electron chi connectivity index (χ2n) is 2.14. The first kappa shape index (κ1) is 8.32. The maximum atomic E-state index is 10.7. The third-order valence-electron chi connectivity index (χ3n) is 1.24. The molecule has 1 fully saturated rings. The van der Waals surface area contributed by atoms with E-state index in [4.69, 9.17) is 10.2 Å². The summed E-state index contributed by atoms with van der Waals surface area (Å²) >= 11 is 0. The Hall–Kier alpha value is 0.220. The normalized spacial score (nSPS) is 39.4. The second-order valence-corrected chi connectivity index (χ2v) is 6.39. The van der Waals surface area contributed by atoms with Gasteiger partial charge in [-0.1, -0.05) is 0 Å². The Morgan fingerprint density at radius 3 is 2.30 bits per heavy atom. The minimum atomic E-state index is -3.16. The average Bonchev–Trinajstić information content (AvgIpc) is 1.79. The largest absolute Gasteiger partial charge is 0.389 e. The topological polar surface area (TPSA) is 74.6 Å². The van der Waals surface area contributed by atoms with Crippen molar-refractivity contribution in [2.45, 2.75) is 12.2 Å². The van der Waals surface area contributed by atoms with E-state index >= 15 is 0 Å². The van der Waals surface area contributed by atoms with E-state index in [1.807, 2.05) is 0 Å². The van der Waals surface area contributed by atoms with Crippen LogP contribution in [0, 0.1) is 0 Å². The van der Waals surface area contributed by atoms with E-state index in [1.165, 1.54) is 0 Å². The molecule has 1 aliphatic heterocycles. The third kappa shape index (κ3) is 1.85. The number of aliphatic hydroxyl groups is 2. The van der Waals surface area contributed by atoms with Gasteiger partial charge in [-0.3, -0.25) is 0 Å². The highest BCUT2D eigenvalue weighted by molar-refractivity contribution is 8.72. The van der Waals surface area contributed by atoms with E-state index in [1.54, 1.807) is 0 Å². The fourth-order valence-corrected chi connectivity index (χ4v) is 3.71. The van der Waals surface area contributed by atoms with E-state index in [0.29, 0.717) is 10.8 Å². The molecular formula is C4H8O4S2. The van der Waals surface area contributed by atoms with Gasteiger partial charge >= 0.3 is 0 Å². The first-order chi connectivity index (χ1) is 4.51. The Morgan fingerprint density at radius 1 is 1.30 bits per heavy atom. The maximum absolute atomic E-state index is 10.7. The van der Waals surface area contributed by atoms with Crippen LogP contribution < -0.4 is 0 Å². The maximum Gasteiger partial charge on any atom is 0.204 e. The van der Waals surface area contributed by atoms with Crippen molar-refractivity contribution in [1.29, 1.82) is 0 Å². The predicted molar refractivity (Wildman–Crippen MR) is 38.3 cm³/mol. The molecule has 0 aromatic carbocycles. The molecule has 0 radical (unpaired) electrons. The molecule has 6 heteroatoms. The van der Waals surface area contributed by atoms with Crippen LogP contribution in [0.15, 0.2) is 0 Å². The van der Waals surface area contributed by atoms with Crippen LogP contribution in [0.5, 0.6) is 0 Å². The number of rotatable bonds is 0. The van der Waals surface area contributed by atoms with Crippen molar-refractivity contribution in [3.63, 3.8) is 0 Å². The van der Waals surface area contributed by atoms with Crippen molar-refractivity contribution in [2.24, 2.45) is 0 Å². The van der Waals surface area contributed by atoms with Gasteiger partial charge in [-0.05, 0) is 10.8 Å². The molecule has 0 saturated carbocycles. The summed E-state index contributed by atoms with van der Waals surface area (Å²) in [6.07, 6.45) is -2.00. The highest BCUT2D eigenvalue weighted by Gasteiger charge is 2.30. The monoisotopic (exact) mass is 184 g/mol. The lowest BCUT2D eigenvalue weighted by molar-refractivity contribution is 0.0480. The molecule has 0 aromatic rings. The van der Waals surface area contributed by atoms with E-state index in [9.17, 15) is 8.42 Å². The van der Waals surface area contributed by atoms with Gasteiger partial charge in [0, 0.05) is 5.75 Å². The fraction of sp³-hybridized carbons (Fsp3) is 1.00. The molecule has 4 nitrogen and oxygen atoms in total. The zero-order valence-electron chi connectivity index (χ0n) is 5.10. The van der Waals surface area contributed by atoms with Gasteiger partial charge in [-0.25, -0.2) is 8.42 Å². The summed E-state index contributed by atoms with van der Waals surface area (Å²) in [6.45, 7) is 0. The van der Waals surface area contributed by atoms with Gasteiger partial charge < -0.3 is 10.2 Å². The Balaban J connectivity index is 2.66. The lowest BCUT2D eigenvalue weighted by Gasteiger charge is -2.21. The van der Waals surface area contributed by atoms with Crippen LogP contribution in [0.3, 0.4) is 0 Å². The molecule has 0 unspecified atom stereocenters. The Labute approximate surface area is 62.6 Å². The van der Waals surface area contributed by atoms with Crippen molar-refractivity contribution in [1.82, 2.24) is 0 Å². The smallest absolute Gasteiger partial charge is 0.204 e. The zero-order valence-corrected chi connectivity index (χ0v) is 6.73. The highest BCUT2D eigenvalue weighted by Crippen LogP contribution is 2.22. The molecule has 1 rings (SSSR count).